The van der Waals surface area contributed by atoms with E-state index in [9.17, 15) is 9.59 Å². The van der Waals surface area contributed by atoms with Crippen LogP contribution >= 0.6 is 0 Å². The van der Waals surface area contributed by atoms with E-state index in [4.69, 9.17) is 4.74 Å². The number of likely N-dealkylation sites (tertiary alicyclic amines) is 1. The predicted molar refractivity (Wildman–Crippen MR) is 101 cm³/mol. The number of nitrogens with zero attached hydrogens (tertiary/aromatic N) is 1. The van der Waals surface area contributed by atoms with Crippen molar-refractivity contribution < 1.29 is 14.3 Å². The molecule has 1 heterocycles. The average molecular weight is 353 g/mol. The molecule has 3 rings (SSSR count). The van der Waals surface area contributed by atoms with Crippen LogP contribution in [0.3, 0.4) is 0 Å². The van der Waals surface area contributed by atoms with Crippen LogP contribution in [0.1, 0.15) is 12.8 Å². The zero-order chi connectivity index (χ0) is 18.4. The predicted octanol–water partition coefficient (Wildman–Crippen LogP) is 3.58. The van der Waals surface area contributed by atoms with Gasteiger partial charge in [0.2, 0.25) is 5.91 Å². The molecule has 26 heavy (non-hydrogen) atoms. The number of urea groups is 1. The number of carbonyl (C=O) groups excluding carboxylic acids is 2. The van der Waals surface area contributed by atoms with Crippen LogP contribution in [-0.4, -0.2) is 37.0 Å². The zero-order valence-corrected chi connectivity index (χ0v) is 14.8. The van der Waals surface area contributed by atoms with Crippen molar-refractivity contribution in [2.75, 3.05) is 30.8 Å². The minimum absolute atomic E-state index is 0.0198. The number of hydrogen-bond acceptors (Lipinski definition) is 3. The van der Waals surface area contributed by atoms with E-state index >= 15 is 0 Å². The van der Waals surface area contributed by atoms with Gasteiger partial charge in [0.25, 0.3) is 0 Å². The van der Waals surface area contributed by atoms with Crippen molar-refractivity contribution in [2.45, 2.75) is 12.8 Å². The van der Waals surface area contributed by atoms with Crippen LogP contribution in [0.4, 0.5) is 16.2 Å². The third kappa shape index (κ3) is 4.53. The summed E-state index contributed by atoms with van der Waals surface area (Å²) < 4.78 is 5.11. The van der Waals surface area contributed by atoms with Gasteiger partial charge in [-0.2, -0.15) is 0 Å². The molecule has 1 saturated heterocycles. The first-order chi connectivity index (χ1) is 12.7. The fraction of sp³-hybridized carbons (Fsp3) is 0.300. The number of piperidine rings is 1. The van der Waals surface area contributed by atoms with Crippen molar-refractivity contribution in [1.29, 1.82) is 0 Å². The van der Waals surface area contributed by atoms with Crippen LogP contribution in [-0.2, 0) is 4.79 Å². The summed E-state index contributed by atoms with van der Waals surface area (Å²) in [6.45, 7) is 1.13. The zero-order valence-electron chi connectivity index (χ0n) is 14.8. The molecule has 2 aromatic carbocycles. The molecule has 2 N–H and O–H groups in total. The SMILES string of the molecule is COc1ccc(NC(=O)N2CCC(C(=O)Nc3ccccc3)CC2)cc1. The monoisotopic (exact) mass is 353 g/mol. The van der Waals surface area contributed by atoms with Gasteiger partial charge in [-0.15, -0.1) is 0 Å². The molecular formula is C20H23N3O3. The van der Waals surface area contributed by atoms with Crippen LogP contribution < -0.4 is 15.4 Å². The highest BCUT2D eigenvalue weighted by Crippen LogP contribution is 2.21. The number of rotatable bonds is 4. The first-order valence-electron chi connectivity index (χ1n) is 8.71. The number of methoxy groups -OCH3 is 1. The maximum absolute atomic E-state index is 12.4. The Labute approximate surface area is 153 Å². The van der Waals surface area contributed by atoms with Gasteiger partial charge in [-0.05, 0) is 49.2 Å². The van der Waals surface area contributed by atoms with Gasteiger partial charge < -0.3 is 20.3 Å². The minimum atomic E-state index is -0.142. The van der Waals surface area contributed by atoms with Gasteiger partial charge in [-0.3, -0.25) is 4.79 Å². The number of para-hydroxylation sites is 1. The van der Waals surface area contributed by atoms with Crippen LogP contribution in [0.2, 0.25) is 0 Å². The lowest BCUT2D eigenvalue weighted by atomic mass is 9.96. The standard InChI is InChI=1S/C20H23N3O3/c1-26-18-9-7-17(8-10-18)22-20(25)23-13-11-15(12-14-23)19(24)21-16-5-3-2-4-6-16/h2-10,15H,11-14H2,1H3,(H,21,24)(H,22,25). The normalized spacial score (nSPS) is 14.6. The van der Waals surface area contributed by atoms with E-state index in [0.717, 1.165) is 17.1 Å². The van der Waals surface area contributed by atoms with Gasteiger partial charge in [0.15, 0.2) is 0 Å². The molecule has 0 bridgehead atoms. The summed E-state index contributed by atoms with van der Waals surface area (Å²) in [6.07, 6.45) is 1.32. The molecule has 0 unspecified atom stereocenters. The Balaban J connectivity index is 1.48. The molecule has 0 atom stereocenters. The van der Waals surface area contributed by atoms with E-state index in [1.165, 1.54) is 0 Å². The van der Waals surface area contributed by atoms with Gasteiger partial charge in [0.05, 0.1) is 7.11 Å². The second-order valence-corrected chi connectivity index (χ2v) is 6.28. The maximum atomic E-state index is 12.4. The van der Waals surface area contributed by atoms with Crippen molar-refractivity contribution in [2.24, 2.45) is 5.92 Å². The van der Waals surface area contributed by atoms with Crippen molar-refractivity contribution in [3.05, 3.63) is 54.6 Å². The number of ether oxygens (including phenoxy) is 1. The fourth-order valence-corrected chi connectivity index (χ4v) is 2.99. The Kier molecular flexibility index (Phi) is 5.73. The summed E-state index contributed by atoms with van der Waals surface area (Å²) in [5, 5.41) is 5.81. The van der Waals surface area contributed by atoms with Crippen LogP contribution in [0, 0.1) is 5.92 Å². The molecule has 3 amide bonds. The lowest BCUT2D eigenvalue weighted by Crippen LogP contribution is -2.43. The first kappa shape index (κ1) is 17.8. The molecule has 0 spiro atoms. The van der Waals surface area contributed by atoms with Gasteiger partial charge in [0.1, 0.15) is 5.75 Å². The molecule has 1 aliphatic heterocycles. The molecule has 1 fully saturated rings. The number of nitrogens with one attached hydrogen (secondary N) is 2. The Hall–Kier alpha value is -3.02. The van der Waals surface area contributed by atoms with Gasteiger partial charge >= 0.3 is 6.03 Å². The number of benzene rings is 2. The lowest BCUT2D eigenvalue weighted by molar-refractivity contribution is -0.121. The van der Waals surface area contributed by atoms with E-state index in [-0.39, 0.29) is 17.9 Å². The van der Waals surface area contributed by atoms with Gasteiger partial charge in [-0.25, -0.2) is 4.79 Å². The van der Waals surface area contributed by atoms with Crippen molar-refractivity contribution >= 4 is 23.3 Å². The van der Waals surface area contributed by atoms with E-state index in [1.807, 2.05) is 30.3 Å². The molecule has 2 aromatic rings. The fourth-order valence-electron chi connectivity index (χ4n) is 2.99. The molecule has 136 valence electrons. The second-order valence-electron chi connectivity index (χ2n) is 6.28. The van der Waals surface area contributed by atoms with E-state index < -0.39 is 0 Å². The van der Waals surface area contributed by atoms with Crippen LogP contribution in [0.25, 0.3) is 0 Å². The first-order valence-corrected chi connectivity index (χ1v) is 8.71. The topological polar surface area (TPSA) is 70.7 Å². The Bertz CT molecular complexity index is 739. The quantitative estimate of drug-likeness (QED) is 0.883. The van der Waals surface area contributed by atoms with Crippen molar-refractivity contribution in [3.8, 4) is 5.75 Å². The summed E-state index contributed by atoms with van der Waals surface area (Å²) in [5.74, 6) is 0.694. The summed E-state index contributed by atoms with van der Waals surface area (Å²) in [4.78, 5) is 26.5. The summed E-state index contributed by atoms with van der Waals surface area (Å²) in [6, 6.07) is 16.5. The Morgan fingerprint density at radius 3 is 2.15 bits per heavy atom. The molecule has 1 aliphatic rings. The average Bonchev–Trinajstić information content (AvgIpc) is 2.69. The smallest absolute Gasteiger partial charge is 0.321 e. The van der Waals surface area contributed by atoms with E-state index in [1.54, 1.807) is 36.3 Å². The highest BCUT2D eigenvalue weighted by atomic mass is 16.5. The largest absolute Gasteiger partial charge is 0.497 e. The number of amides is 3. The number of anilines is 2. The molecule has 6 heteroatoms. The highest BCUT2D eigenvalue weighted by molar-refractivity contribution is 5.93. The molecule has 0 saturated carbocycles. The Morgan fingerprint density at radius 1 is 0.923 bits per heavy atom. The summed E-state index contributed by atoms with van der Waals surface area (Å²) in [7, 11) is 1.60. The third-order valence-electron chi connectivity index (χ3n) is 4.54. The number of hydrogen-bond donors (Lipinski definition) is 2. The van der Waals surface area contributed by atoms with Crippen LogP contribution in [0.15, 0.2) is 54.6 Å². The highest BCUT2D eigenvalue weighted by Gasteiger charge is 2.27. The van der Waals surface area contributed by atoms with Crippen molar-refractivity contribution in [3.63, 3.8) is 0 Å². The number of carbonyl (C=O) groups is 2. The molecular weight excluding hydrogens is 330 g/mol. The van der Waals surface area contributed by atoms with Crippen LogP contribution in [0.5, 0.6) is 5.75 Å². The summed E-state index contributed by atoms with van der Waals surface area (Å²) in [5.41, 5.74) is 1.52. The maximum Gasteiger partial charge on any atom is 0.321 e. The van der Waals surface area contributed by atoms with Gasteiger partial charge in [-0.1, -0.05) is 18.2 Å². The lowest BCUT2D eigenvalue weighted by Gasteiger charge is -2.31. The third-order valence-corrected chi connectivity index (χ3v) is 4.54. The van der Waals surface area contributed by atoms with Crippen molar-refractivity contribution in [1.82, 2.24) is 4.90 Å². The molecule has 0 aliphatic carbocycles. The van der Waals surface area contributed by atoms with E-state index in [0.29, 0.717) is 25.9 Å². The molecule has 6 nitrogen and oxygen atoms in total. The second kappa shape index (κ2) is 8.38. The summed E-state index contributed by atoms with van der Waals surface area (Å²) >= 11 is 0. The Morgan fingerprint density at radius 2 is 1.54 bits per heavy atom. The molecule has 0 radical (unpaired) electrons. The van der Waals surface area contributed by atoms with Gasteiger partial charge in [0, 0.05) is 30.4 Å². The van der Waals surface area contributed by atoms with E-state index in [2.05, 4.69) is 10.6 Å². The minimum Gasteiger partial charge on any atom is -0.497 e. The molecule has 0 aromatic heterocycles.